The smallest absolute Gasteiger partial charge is 0.240 e. The summed E-state index contributed by atoms with van der Waals surface area (Å²) in [5.41, 5.74) is 2.97. The molecule has 1 heterocycles. The highest BCUT2D eigenvalue weighted by Crippen LogP contribution is 2.30. The monoisotopic (exact) mass is 468 g/mol. The number of aromatic nitrogens is 3. The van der Waals surface area contributed by atoms with E-state index in [4.69, 9.17) is 21.7 Å². The lowest BCUT2D eigenvalue weighted by molar-refractivity contribution is -0.122. The number of unbranched alkanes of at least 4 members (excludes halogenated alkanes) is 2. The van der Waals surface area contributed by atoms with Crippen LogP contribution in [0.5, 0.6) is 11.5 Å². The quantitative estimate of drug-likeness (QED) is 0.292. The van der Waals surface area contributed by atoms with Crippen molar-refractivity contribution < 1.29 is 14.3 Å². The number of carbonyl (C=O) groups is 1. The summed E-state index contributed by atoms with van der Waals surface area (Å²) in [6, 6.07) is 13.5. The van der Waals surface area contributed by atoms with Crippen molar-refractivity contribution in [2.45, 2.75) is 52.6 Å². The Bertz CT molecular complexity index is 1120. The molecule has 8 heteroatoms. The molecule has 176 valence electrons. The molecular formula is C25H32N4O3S. The standard InChI is InChI=1S/C25H32N4O3S/c1-5-6-7-14-32-21-13-12-20(15-22(21)31-4)18(3)26-23(30)16-29-24(27-28-25(29)33)19-10-8-17(2)9-11-19/h8-13,15,18H,5-7,14,16H2,1-4H3,(H,26,30)(H,28,33). The van der Waals surface area contributed by atoms with Crippen LogP contribution < -0.4 is 14.8 Å². The number of aromatic amines is 1. The Morgan fingerprint density at radius 1 is 1.18 bits per heavy atom. The van der Waals surface area contributed by atoms with Gasteiger partial charge in [0.1, 0.15) is 6.54 Å². The van der Waals surface area contributed by atoms with Crippen molar-refractivity contribution in [3.8, 4) is 22.9 Å². The first-order valence-electron chi connectivity index (χ1n) is 11.2. The van der Waals surface area contributed by atoms with E-state index in [0.717, 1.165) is 36.0 Å². The summed E-state index contributed by atoms with van der Waals surface area (Å²) in [7, 11) is 1.62. The molecule has 1 aromatic heterocycles. The second-order valence-corrected chi connectivity index (χ2v) is 8.45. The Hall–Kier alpha value is -3.13. The number of aryl methyl sites for hydroxylation is 1. The Balaban J connectivity index is 1.67. The fourth-order valence-electron chi connectivity index (χ4n) is 3.51. The van der Waals surface area contributed by atoms with Gasteiger partial charge in [-0.1, -0.05) is 55.7 Å². The van der Waals surface area contributed by atoms with Gasteiger partial charge in [0.15, 0.2) is 22.1 Å². The van der Waals surface area contributed by atoms with Crippen LogP contribution in [-0.2, 0) is 11.3 Å². The van der Waals surface area contributed by atoms with Crippen LogP contribution in [0.1, 0.15) is 50.3 Å². The zero-order chi connectivity index (χ0) is 23.8. The molecule has 1 unspecified atom stereocenters. The summed E-state index contributed by atoms with van der Waals surface area (Å²) >= 11 is 5.36. The van der Waals surface area contributed by atoms with Gasteiger partial charge >= 0.3 is 0 Å². The molecule has 0 aliphatic rings. The minimum Gasteiger partial charge on any atom is -0.493 e. The van der Waals surface area contributed by atoms with Gasteiger partial charge in [-0.15, -0.1) is 0 Å². The number of carbonyl (C=O) groups excluding carboxylic acids is 1. The highest BCUT2D eigenvalue weighted by atomic mass is 32.1. The third-order valence-corrected chi connectivity index (χ3v) is 5.75. The van der Waals surface area contributed by atoms with Crippen molar-refractivity contribution in [3.63, 3.8) is 0 Å². The number of methoxy groups -OCH3 is 1. The van der Waals surface area contributed by atoms with Crippen molar-refractivity contribution in [2.24, 2.45) is 0 Å². The topological polar surface area (TPSA) is 81.2 Å². The van der Waals surface area contributed by atoms with Crippen LogP contribution in [0.2, 0.25) is 0 Å². The van der Waals surface area contributed by atoms with Gasteiger partial charge in [0.2, 0.25) is 5.91 Å². The van der Waals surface area contributed by atoms with E-state index in [0.29, 0.717) is 28.7 Å². The van der Waals surface area contributed by atoms with Crippen LogP contribution in [0.4, 0.5) is 0 Å². The van der Waals surface area contributed by atoms with E-state index in [2.05, 4.69) is 22.4 Å². The SMILES string of the molecule is CCCCCOc1ccc(C(C)NC(=O)Cn2c(-c3ccc(C)cc3)n[nH]c2=S)cc1OC. The molecule has 2 N–H and O–H groups in total. The summed E-state index contributed by atoms with van der Waals surface area (Å²) in [6.45, 7) is 6.85. The van der Waals surface area contributed by atoms with Crippen molar-refractivity contribution in [1.29, 1.82) is 0 Å². The summed E-state index contributed by atoms with van der Waals surface area (Å²) in [5.74, 6) is 1.84. The maximum atomic E-state index is 12.8. The summed E-state index contributed by atoms with van der Waals surface area (Å²) < 4.78 is 13.5. The number of nitrogens with zero attached hydrogens (tertiary/aromatic N) is 2. The zero-order valence-electron chi connectivity index (χ0n) is 19.7. The molecule has 0 aliphatic heterocycles. The maximum Gasteiger partial charge on any atom is 0.240 e. The van der Waals surface area contributed by atoms with E-state index in [1.807, 2.05) is 56.3 Å². The average molecular weight is 469 g/mol. The molecule has 33 heavy (non-hydrogen) atoms. The molecule has 7 nitrogen and oxygen atoms in total. The first-order chi connectivity index (χ1) is 15.9. The van der Waals surface area contributed by atoms with Gasteiger partial charge in [0, 0.05) is 5.56 Å². The molecule has 2 aromatic carbocycles. The predicted molar refractivity (Wildman–Crippen MR) is 132 cm³/mol. The van der Waals surface area contributed by atoms with Gasteiger partial charge < -0.3 is 14.8 Å². The second kappa shape index (κ2) is 11.7. The Kier molecular flexibility index (Phi) is 8.65. The number of rotatable bonds is 11. The van der Waals surface area contributed by atoms with Gasteiger partial charge in [0.25, 0.3) is 0 Å². The lowest BCUT2D eigenvalue weighted by Crippen LogP contribution is -2.30. The summed E-state index contributed by atoms with van der Waals surface area (Å²) in [6.07, 6.45) is 3.29. The van der Waals surface area contributed by atoms with E-state index in [9.17, 15) is 4.79 Å². The van der Waals surface area contributed by atoms with Crippen molar-refractivity contribution in [2.75, 3.05) is 13.7 Å². The highest BCUT2D eigenvalue weighted by molar-refractivity contribution is 7.71. The Morgan fingerprint density at radius 2 is 1.94 bits per heavy atom. The van der Waals surface area contributed by atoms with Gasteiger partial charge in [-0.05, 0) is 50.2 Å². The molecule has 1 amide bonds. The van der Waals surface area contributed by atoms with Crippen LogP contribution in [0.25, 0.3) is 11.4 Å². The fourth-order valence-corrected chi connectivity index (χ4v) is 3.71. The van der Waals surface area contributed by atoms with E-state index >= 15 is 0 Å². The van der Waals surface area contributed by atoms with Gasteiger partial charge in [-0.3, -0.25) is 14.5 Å². The van der Waals surface area contributed by atoms with Crippen LogP contribution in [0.3, 0.4) is 0 Å². The third kappa shape index (κ3) is 6.44. The number of hydrogen-bond donors (Lipinski definition) is 2. The number of ether oxygens (including phenoxy) is 2. The molecule has 3 aromatic rings. The Morgan fingerprint density at radius 3 is 2.64 bits per heavy atom. The molecule has 0 saturated carbocycles. The van der Waals surface area contributed by atoms with Crippen LogP contribution in [-0.4, -0.2) is 34.4 Å². The molecule has 0 aliphatic carbocycles. The van der Waals surface area contributed by atoms with Crippen molar-refractivity contribution in [1.82, 2.24) is 20.1 Å². The van der Waals surface area contributed by atoms with Gasteiger partial charge in [0.05, 0.1) is 19.8 Å². The molecule has 0 bridgehead atoms. The fraction of sp³-hybridized carbons (Fsp3) is 0.400. The van der Waals surface area contributed by atoms with E-state index in [-0.39, 0.29) is 18.5 Å². The minimum atomic E-state index is -0.218. The molecule has 0 spiro atoms. The molecule has 1 atom stereocenters. The molecule has 3 rings (SSSR count). The van der Waals surface area contributed by atoms with Crippen LogP contribution in [0, 0.1) is 11.7 Å². The second-order valence-electron chi connectivity index (χ2n) is 8.06. The zero-order valence-corrected chi connectivity index (χ0v) is 20.5. The third-order valence-electron chi connectivity index (χ3n) is 5.44. The van der Waals surface area contributed by atoms with E-state index in [1.165, 1.54) is 0 Å². The van der Waals surface area contributed by atoms with E-state index < -0.39 is 0 Å². The largest absolute Gasteiger partial charge is 0.493 e. The van der Waals surface area contributed by atoms with Crippen LogP contribution >= 0.6 is 12.2 Å². The molecule has 0 radical (unpaired) electrons. The maximum absolute atomic E-state index is 12.8. The number of H-pyrrole nitrogens is 1. The predicted octanol–water partition coefficient (Wildman–Crippen LogP) is 5.37. The van der Waals surface area contributed by atoms with Gasteiger partial charge in [-0.2, -0.15) is 5.10 Å². The number of benzene rings is 2. The van der Waals surface area contributed by atoms with Crippen molar-refractivity contribution >= 4 is 18.1 Å². The van der Waals surface area contributed by atoms with Crippen LogP contribution in [0.15, 0.2) is 42.5 Å². The first-order valence-corrected chi connectivity index (χ1v) is 11.7. The summed E-state index contributed by atoms with van der Waals surface area (Å²) in [5, 5.41) is 10.1. The van der Waals surface area contributed by atoms with Gasteiger partial charge in [-0.25, -0.2) is 0 Å². The normalized spacial score (nSPS) is 11.8. The lowest BCUT2D eigenvalue weighted by atomic mass is 10.1. The highest BCUT2D eigenvalue weighted by Gasteiger charge is 2.16. The lowest BCUT2D eigenvalue weighted by Gasteiger charge is -2.18. The molecule has 0 fully saturated rings. The van der Waals surface area contributed by atoms with E-state index in [1.54, 1.807) is 11.7 Å². The molecular weight excluding hydrogens is 436 g/mol. The minimum absolute atomic E-state index is 0.0681. The van der Waals surface area contributed by atoms with Crippen molar-refractivity contribution in [3.05, 3.63) is 58.4 Å². The first kappa shape index (κ1) is 24.5. The number of amides is 1. The number of nitrogens with one attached hydrogen (secondary N) is 2. The molecule has 0 saturated heterocycles. The average Bonchev–Trinajstić information content (AvgIpc) is 3.17. The Labute approximate surface area is 200 Å². The summed E-state index contributed by atoms with van der Waals surface area (Å²) in [4.78, 5) is 12.8. The number of hydrogen-bond acceptors (Lipinski definition) is 5.